The third-order valence-electron chi connectivity index (χ3n) is 2.70. The highest BCUT2D eigenvalue weighted by Gasteiger charge is 2.17. The predicted octanol–water partition coefficient (Wildman–Crippen LogP) is 1.50. The van der Waals surface area contributed by atoms with E-state index in [0.717, 1.165) is 17.0 Å². The van der Waals surface area contributed by atoms with Gasteiger partial charge in [0.1, 0.15) is 11.8 Å². The lowest BCUT2D eigenvalue weighted by Gasteiger charge is -2.11. The highest BCUT2D eigenvalue weighted by atomic mass is 32.2. The van der Waals surface area contributed by atoms with Gasteiger partial charge in [-0.15, -0.1) is 11.8 Å². The Hall–Kier alpha value is -1.50. The van der Waals surface area contributed by atoms with Crippen LogP contribution in [0.2, 0.25) is 0 Å². The zero-order valence-corrected chi connectivity index (χ0v) is 12.0. The molecule has 0 aliphatic carbocycles. The molecule has 7 heteroatoms. The molecule has 1 rings (SSSR count). The second-order valence-corrected chi connectivity index (χ2v) is 5.15. The van der Waals surface area contributed by atoms with Crippen molar-refractivity contribution in [3.8, 4) is 0 Å². The molecule has 0 radical (unpaired) electrons. The number of nitrogens with one attached hydrogen (secondary N) is 1. The molecule has 1 atom stereocenters. The van der Waals surface area contributed by atoms with Gasteiger partial charge >= 0.3 is 5.97 Å². The van der Waals surface area contributed by atoms with Crippen LogP contribution in [0.1, 0.15) is 30.4 Å². The first-order chi connectivity index (χ1) is 8.95. The molecule has 106 valence electrons. The van der Waals surface area contributed by atoms with Gasteiger partial charge in [0, 0.05) is 11.3 Å². The molecule has 0 fully saturated rings. The van der Waals surface area contributed by atoms with Crippen LogP contribution in [-0.2, 0) is 15.3 Å². The van der Waals surface area contributed by atoms with Gasteiger partial charge in [-0.1, -0.05) is 12.1 Å². The lowest BCUT2D eigenvalue weighted by Crippen LogP contribution is -2.41. The molecule has 0 bridgehead atoms. The first kappa shape index (κ1) is 15.6. The summed E-state index contributed by atoms with van der Waals surface area (Å²) in [6, 6.07) is -0.813. The monoisotopic (exact) mass is 286 g/mol. The Labute approximate surface area is 115 Å². The molecule has 0 unspecified atom stereocenters. The molecule has 6 nitrogen and oxygen atoms in total. The van der Waals surface area contributed by atoms with Crippen molar-refractivity contribution in [3.63, 3.8) is 0 Å². The maximum Gasteiger partial charge on any atom is 0.326 e. The van der Waals surface area contributed by atoms with Gasteiger partial charge in [0.2, 0.25) is 5.91 Å². The van der Waals surface area contributed by atoms with E-state index in [1.54, 1.807) is 6.92 Å². The number of carbonyl (C=O) groups is 2. The summed E-state index contributed by atoms with van der Waals surface area (Å²) in [5, 5.41) is 15.1. The summed E-state index contributed by atoms with van der Waals surface area (Å²) in [5.74, 6) is 0.312. The van der Waals surface area contributed by atoms with Gasteiger partial charge < -0.3 is 14.9 Å². The Morgan fingerprint density at radius 3 is 2.63 bits per heavy atom. The van der Waals surface area contributed by atoms with E-state index in [-0.39, 0.29) is 11.7 Å². The Bertz CT molecular complexity index is 439. The number of aromatic nitrogens is 1. The number of aliphatic carboxylic acids is 1. The summed E-state index contributed by atoms with van der Waals surface area (Å²) in [6.07, 6.45) is 0.371. The van der Waals surface area contributed by atoms with Crippen LogP contribution in [0.15, 0.2) is 4.52 Å². The van der Waals surface area contributed by atoms with Crippen LogP contribution in [0.5, 0.6) is 0 Å². The lowest BCUT2D eigenvalue weighted by molar-refractivity contribution is -0.141. The van der Waals surface area contributed by atoms with E-state index in [1.165, 1.54) is 11.8 Å². The Kier molecular flexibility index (Phi) is 5.88. The second kappa shape index (κ2) is 7.18. The van der Waals surface area contributed by atoms with Gasteiger partial charge in [-0.3, -0.25) is 4.79 Å². The number of rotatable bonds is 7. The number of hydrogen-bond donors (Lipinski definition) is 2. The van der Waals surface area contributed by atoms with Crippen LogP contribution in [-0.4, -0.2) is 33.9 Å². The number of carbonyl (C=O) groups excluding carboxylic acids is 1. The van der Waals surface area contributed by atoms with E-state index < -0.39 is 12.0 Å². The third kappa shape index (κ3) is 4.59. The minimum atomic E-state index is -1.01. The molecule has 1 aromatic heterocycles. The number of carboxylic acids is 1. The summed E-state index contributed by atoms with van der Waals surface area (Å²) in [6.45, 7) is 5.40. The van der Waals surface area contributed by atoms with E-state index in [9.17, 15) is 9.59 Å². The third-order valence-corrected chi connectivity index (χ3v) is 3.66. The van der Waals surface area contributed by atoms with Gasteiger partial charge in [-0.2, -0.15) is 0 Å². The molecule has 2 N–H and O–H groups in total. The molecule has 0 saturated heterocycles. The maximum absolute atomic E-state index is 11.6. The normalized spacial score (nSPS) is 12.2. The number of thioether (sulfide) groups is 1. The highest BCUT2D eigenvalue weighted by Crippen LogP contribution is 2.19. The molecule has 0 saturated carbocycles. The molecule has 1 aromatic rings. The van der Waals surface area contributed by atoms with Crippen LogP contribution in [0.4, 0.5) is 0 Å². The quantitative estimate of drug-likeness (QED) is 0.789. The van der Waals surface area contributed by atoms with Gasteiger partial charge in [-0.05, 0) is 20.3 Å². The van der Waals surface area contributed by atoms with Crippen molar-refractivity contribution >= 4 is 23.6 Å². The fraction of sp³-hybridized carbons (Fsp3) is 0.583. The van der Waals surface area contributed by atoms with Crippen LogP contribution >= 0.6 is 11.8 Å². The van der Waals surface area contributed by atoms with Crippen molar-refractivity contribution in [2.24, 2.45) is 0 Å². The molecular formula is C12H18N2O4S. The van der Waals surface area contributed by atoms with Crippen LogP contribution in [0.3, 0.4) is 0 Å². The van der Waals surface area contributed by atoms with Gasteiger partial charge in [0.25, 0.3) is 0 Å². The van der Waals surface area contributed by atoms with Crippen molar-refractivity contribution in [1.29, 1.82) is 0 Å². The molecule has 1 amide bonds. The van der Waals surface area contributed by atoms with Crippen molar-refractivity contribution in [1.82, 2.24) is 10.5 Å². The summed E-state index contributed by atoms with van der Waals surface area (Å²) in [4.78, 5) is 22.4. The molecular weight excluding hydrogens is 268 g/mol. The van der Waals surface area contributed by atoms with Crippen molar-refractivity contribution in [3.05, 3.63) is 17.0 Å². The van der Waals surface area contributed by atoms with Crippen LogP contribution < -0.4 is 5.32 Å². The molecule has 19 heavy (non-hydrogen) atoms. The van der Waals surface area contributed by atoms with Crippen molar-refractivity contribution < 1.29 is 19.2 Å². The number of carboxylic acid groups (broad SMARTS) is 1. The van der Waals surface area contributed by atoms with E-state index >= 15 is 0 Å². The van der Waals surface area contributed by atoms with Gasteiger partial charge in [0.05, 0.1) is 11.4 Å². The second-order valence-electron chi connectivity index (χ2n) is 4.16. The maximum atomic E-state index is 11.6. The van der Waals surface area contributed by atoms with Crippen molar-refractivity contribution in [2.75, 3.05) is 5.75 Å². The van der Waals surface area contributed by atoms with Gasteiger partial charge in [0.15, 0.2) is 0 Å². The zero-order chi connectivity index (χ0) is 14.4. The topological polar surface area (TPSA) is 92.4 Å². The smallest absolute Gasteiger partial charge is 0.326 e. The summed E-state index contributed by atoms with van der Waals surface area (Å²) in [7, 11) is 0. The standard InChI is InChI=1S/C12H18N2O4S/c1-4-10(12(16)17)13-11(15)6-19-5-9-7(2)14-18-8(9)3/h10H,4-6H2,1-3H3,(H,13,15)(H,16,17)/t10-/m1/s1. The predicted molar refractivity (Wildman–Crippen MR) is 72.0 cm³/mol. The number of hydrogen-bond acceptors (Lipinski definition) is 5. The van der Waals surface area contributed by atoms with E-state index in [4.69, 9.17) is 9.63 Å². The summed E-state index contributed by atoms with van der Waals surface area (Å²) < 4.78 is 5.02. The average molecular weight is 286 g/mol. The first-order valence-electron chi connectivity index (χ1n) is 5.97. The largest absolute Gasteiger partial charge is 0.480 e. The fourth-order valence-corrected chi connectivity index (χ4v) is 2.52. The molecule has 0 spiro atoms. The molecule has 1 heterocycles. The number of nitrogens with zero attached hydrogens (tertiary/aromatic N) is 1. The summed E-state index contributed by atoms with van der Waals surface area (Å²) in [5.41, 5.74) is 1.81. The van der Waals surface area contributed by atoms with Crippen LogP contribution in [0, 0.1) is 13.8 Å². The Morgan fingerprint density at radius 1 is 1.47 bits per heavy atom. The molecule has 0 aromatic carbocycles. The number of aryl methyl sites for hydroxylation is 2. The molecule has 0 aliphatic heterocycles. The number of amides is 1. The minimum Gasteiger partial charge on any atom is -0.480 e. The van der Waals surface area contributed by atoms with Gasteiger partial charge in [-0.25, -0.2) is 4.79 Å². The van der Waals surface area contributed by atoms with E-state index in [0.29, 0.717) is 12.2 Å². The minimum absolute atomic E-state index is 0.216. The van der Waals surface area contributed by atoms with E-state index in [2.05, 4.69) is 10.5 Å². The first-order valence-corrected chi connectivity index (χ1v) is 7.12. The SMILES string of the molecule is CC[C@@H](NC(=O)CSCc1c(C)noc1C)C(=O)O. The fourth-order valence-electron chi connectivity index (χ4n) is 1.53. The van der Waals surface area contributed by atoms with Crippen LogP contribution in [0.25, 0.3) is 0 Å². The van der Waals surface area contributed by atoms with E-state index in [1.807, 2.05) is 13.8 Å². The Morgan fingerprint density at radius 2 is 2.16 bits per heavy atom. The average Bonchev–Trinajstić information content (AvgIpc) is 2.67. The van der Waals surface area contributed by atoms with Crippen molar-refractivity contribution in [2.45, 2.75) is 39.0 Å². The molecule has 0 aliphatic rings. The zero-order valence-electron chi connectivity index (χ0n) is 11.2. The highest BCUT2D eigenvalue weighted by molar-refractivity contribution is 7.99. The lowest BCUT2D eigenvalue weighted by atomic mass is 10.2. The Balaban J connectivity index is 2.37. The summed E-state index contributed by atoms with van der Waals surface area (Å²) >= 11 is 1.41.